The fraction of sp³-hybridized carbons (Fsp3) is 0. The third-order valence-electron chi connectivity index (χ3n) is 2.76. The molecule has 18 heavy (non-hydrogen) atoms. The Kier molecular flexibility index (Phi) is 2.04. The van der Waals surface area contributed by atoms with E-state index in [9.17, 15) is 10.2 Å². The van der Waals surface area contributed by atoms with Crippen molar-refractivity contribution in [3.63, 3.8) is 0 Å². The number of nitrogens with zero attached hydrogens (tertiary/aromatic N) is 3. The Morgan fingerprint density at radius 3 is 2.39 bits per heavy atom. The minimum absolute atomic E-state index is 0.376. The van der Waals surface area contributed by atoms with Crippen molar-refractivity contribution in [1.29, 1.82) is 5.26 Å². The van der Waals surface area contributed by atoms with Gasteiger partial charge in [0.05, 0.1) is 17.1 Å². The molecule has 2 aromatic carbocycles. The number of aromatic nitrogens is 2. The summed E-state index contributed by atoms with van der Waals surface area (Å²) >= 11 is 0. The van der Waals surface area contributed by atoms with Crippen LogP contribution in [0.2, 0.25) is 0 Å². The van der Waals surface area contributed by atoms with E-state index in [0.29, 0.717) is 22.0 Å². The van der Waals surface area contributed by atoms with Gasteiger partial charge in [-0.1, -0.05) is 24.3 Å². The summed E-state index contributed by atoms with van der Waals surface area (Å²) in [7, 11) is 0. The van der Waals surface area contributed by atoms with Crippen LogP contribution in [0, 0.1) is 11.3 Å². The molecule has 2 N–H and O–H groups in total. The monoisotopic (exact) mass is 237 g/mol. The summed E-state index contributed by atoms with van der Waals surface area (Å²) in [5.41, 5.74) is 1.29. The third kappa shape index (κ3) is 1.33. The number of nitriles is 1. The van der Waals surface area contributed by atoms with E-state index in [2.05, 4.69) is 16.0 Å². The molecule has 1 aromatic heterocycles. The molecule has 0 saturated heterocycles. The highest BCUT2D eigenvalue weighted by Crippen LogP contribution is 2.30. The molecule has 0 aliphatic carbocycles. The van der Waals surface area contributed by atoms with E-state index >= 15 is 0 Å². The molecule has 0 fully saturated rings. The van der Waals surface area contributed by atoms with Gasteiger partial charge < -0.3 is 10.2 Å². The lowest BCUT2D eigenvalue weighted by Crippen LogP contribution is -1.90. The second kappa shape index (κ2) is 3.57. The van der Waals surface area contributed by atoms with Gasteiger partial charge >= 0.3 is 0 Å². The van der Waals surface area contributed by atoms with Crippen LogP contribution in [-0.2, 0) is 0 Å². The van der Waals surface area contributed by atoms with Crippen LogP contribution in [-0.4, -0.2) is 20.2 Å². The Balaban J connectivity index is 2.60. The van der Waals surface area contributed by atoms with Crippen LogP contribution >= 0.6 is 0 Å². The maximum atomic E-state index is 9.41. The molecule has 0 bridgehead atoms. The summed E-state index contributed by atoms with van der Waals surface area (Å²) in [6.45, 7) is 0. The quantitative estimate of drug-likeness (QED) is 0.584. The van der Waals surface area contributed by atoms with Crippen molar-refractivity contribution >= 4 is 21.8 Å². The average molecular weight is 237 g/mol. The molecule has 0 unspecified atom stereocenters. The Bertz CT molecular complexity index is 822. The van der Waals surface area contributed by atoms with Crippen LogP contribution in [0.1, 0.15) is 5.56 Å². The standard InChI is InChI=1S/C13H7N3O2/c14-6-7-5-10-11(16-13(18)12(17)15-10)9-4-2-1-3-8(7)9/h1-5H,(H,15,17)(H,16,18). The van der Waals surface area contributed by atoms with Gasteiger partial charge in [0, 0.05) is 10.8 Å². The molecule has 3 rings (SSSR count). The van der Waals surface area contributed by atoms with E-state index in [1.807, 2.05) is 12.1 Å². The summed E-state index contributed by atoms with van der Waals surface area (Å²) in [6.07, 6.45) is 0. The lowest BCUT2D eigenvalue weighted by molar-refractivity contribution is 0.378. The van der Waals surface area contributed by atoms with Gasteiger partial charge in [-0.15, -0.1) is 0 Å². The first kappa shape index (κ1) is 10.3. The summed E-state index contributed by atoms with van der Waals surface area (Å²) in [5.74, 6) is -1.06. The van der Waals surface area contributed by atoms with Crippen LogP contribution in [0.3, 0.4) is 0 Å². The van der Waals surface area contributed by atoms with E-state index in [1.165, 1.54) is 0 Å². The highest BCUT2D eigenvalue weighted by molar-refractivity contribution is 6.06. The summed E-state index contributed by atoms with van der Waals surface area (Å²) in [6, 6.07) is 10.9. The van der Waals surface area contributed by atoms with Gasteiger partial charge in [-0.05, 0) is 6.07 Å². The summed E-state index contributed by atoms with van der Waals surface area (Å²) in [4.78, 5) is 7.74. The first-order valence-electron chi connectivity index (χ1n) is 5.22. The van der Waals surface area contributed by atoms with Crippen LogP contribution in [0.4, 0.5) is 0 Å². The summed E-state index contributed by atoms with van der Waals surface area (Å²) in [5, 5.41) is 29.3. The number of aromatic hydroxyl groups is 2. The van der Waals surface area contributed by atoms with Gasteiger partial charge in [0.25, 0.3) is 11.8 Å². The lowest BCUT2D eigenvalue weighted by atomic mass is 10.0. The molecule has 86 valence electrons. The van der Waals surface area contributed by atoms with Gasteiger partial charge in [0.15, 0.2) is 0 Å². The van der Waals surface area contributed by atoms with Gasteiger partial charge in [-0.3, -0.25) is 0 Å². The predicted molar refractivity (Wildman–Crippen MR) is 65.1 cm³/mol. The molecular formula is C13H7N3O2. The first-order chi connectivity index (χ1) is 8.70. The third-order valence-corrected chi connectivity index (χ3v) is 2.76. The molecule has 0 aliphatic heterocycles. The number of rotatable bonds is 0. The normalized spacial score (nSPS) is 10.6. The average Bonchev–Trinajstić information content (AvgIpc) is 2.40. The van der Waals surface area contributed by atoms with Gasteiger partial charge in [-0.2, -0.15) is 5.26 Å². The highest BCUT2D eigenvalue weighted by Gasteiger charge is 2.11. The van der Waals surface area contributed by atoms with Crippen molar-refractivity contribution in [3.05, 3.63) is 35.9 Å². The molecule has 0 radical (unpaired) electrons. The molecular weight excluding hydrogens is 230 g/mol. The Hall–Kier alpha value is -2.87. The second-order valence-electron chi connectivity index (χ2n) is 3.82. The summed E-state index contributed by atoms with van der Waals surface area (Å²) < 4.78 is 0. The number of benzene rings is 2. The van der Waals surface area contributed by atoms with Gasteiger partial charge in [0.2, 0.25) is 0 Å². The zero-order valence-electron chi connectivity index (χ0n) is 9.12. The van der Waals surface area contributed by atoms with Crippen molar-refractivity contribution in [1.82, 2.24) is 9.97 Å². The largest absolute Gasteiger partial charge is 0.489 e. The maximum Gasteiger partial charge on any atom is 0.276 e. The number of hydrogen-bond donors (Lipinski definition) is 2. The van der Waals surface area contributed by atoms with E-state index in [4.69, 9.17) is 5.26 Å². The smallest absolute Gasteiger partial charge is 0.276 e. The van der Waals surface area contributed by atoms with Crippen LogP contribution < -0.4 is 0 Å². The van der Waals surface area contributed by atoms with E-state index in [1.54, 1.807) is 18.2 Å². The zero-order valence-corrected chi connectivity index (χ0v) is 9.12. The van der Waals surface area contributed by atoms with Crippen molar-refractivity contribution in [2.45, 2.75) is 0 Å². The molecule has 5 nitrogen and oxygen atoms in total. The predicted octanol–water partition coefficient (Wildman–Crippen LogP) is 2.07. The van der Waals surface area contributed by atoms with Crippen LogP contribution in [0.25, 0.3) is 21.8 Å². The molecule has 5 heteroatoms. The molecule has 3 aromatic rings. The van der Waals surface area contributed by atoms with E-state index in [-0.39, 0.29) is 0 Å². The van der Waals surface area contributed by atoms with E-state index < -0.39 is 11.8 Å². The number of fused-ring (bicyclic) bond motifs is 3. The highest BCUT2D eigenvalue weighted by atomic mass is 16.3. The Labute approximate surface area is 102 Å². The number of hydrogen-bond acceptors (Lipinski definition) is 5. The Morgan fingerprint density at radius 1 is 1.00 bits per heavy atom. The minimum atomic E-state index is -0.540. The minimum Gasteiger partial charge on any atom is -0.489 e. The lowest BCUT2D eigenvalue weighted by Gasteiger charge is -2.05. The molecule has 0 spiro atoms. The molecule has 0 saturated carbocycles. The van der Waals surface area contributed by atoms with Crippen molar-refractivity contribution in [3.8, 4) is 17.8 Å². The van der Waals surface area contributed by atoms with Crippen LogP contribution in [0.5, 0.6) is 11.8 Å². The van der Waals surface area contributed by atoms with Crippen molar-refractivity contribution < 1.29 is 10.2 Å². The fourth-order valence-electron chi connectivity index (χ4n) is 1.96. The van der Waals surface area contributed by atoms with Crippen molar-refractivity contribution in [2.75, 3.05) is 0 Å². The van der Waals surface area contributed by atoms with Crippen LogP contribution in [0.15, 0.2) is 30.3 Å². The topological polar surface area (TPSA) is 90.0 Å². The fourth-order valence-corrected chi connectivity index (χ4v) is 1.96. The van der Waals surface area contributed by atoms with Gasteiger partial charge in [0.1, 0.15) is 5.52 Å². The van der Waals surface area contributed by atoms with E-state index in [0.717, 1.165) is 5.39 Å². The zero-order chi connectivity index (χ0) is 12.7. The molecule has 0 aliphatic rings. The Morgan fingerprint density at radius 2 is 1.67 bits per heavy atom. The first-order valence-corrected chi connectivity index (χ1v) is 5.22. The molecule has 1 heterocycles. The molecule has 0 atom stereocenters. The molecule has 0 amide bonds. The van der Waals surface area contributed by atoms with Gasteiger partial charge in [-0.25, -0.2) is 9.97 Å². The SMILES string of the molecule is N#Cc1cc2nc(O)c(O)nc2c2ccccc12. The maximum absolute atomic E-state index is 9.41. The van der Waals surface area contributed by atoms with Crippen molar-refractivity contribution in [2.24, 2.45) is 0 Å². The second-order valence-corrected chi connectivity index (χ2v) is 3.82.